The summed E-state index contributed by atoms with van der Waals surface area (Å²) < 4.78 is 5.26. The van der Waals surface area contributed by atoms with E-state index in [0.29, 0.717) is 6.61 Å². The molecule has 0 amide bonds. The summed E-state index contributed by atoms with van der Waals surface area (Å²) in [7, 11) is 0. The van der Waals surface area contributed by atoms with E-state index >= 15 is 0 Å². The summed E-state index contributed by atoms with van der Waals surface area (Å²) in [4.78, 5) is 9.60. The van der Waals surface area contributed by atoms with Crippen molar-refractivity contribution in [3.63, 3.8) is 0 Å². The molecule has 0 rings (SSSR count). The van der Waals surface area contributed by atoms with Gasteiger partial charge in [-0.2, -0.15) is 11.8 Å². The highest BCUT2D eigenvalue weighted by molar-refractivity contribution is 8.67. The van der Waals surface area contributed by atoms with Gasteiger partial charge in [-0.1, -0.05) is 18.3 Å². The van der Waals surface area contributed by atoms with Gasteiger partial charge in [0.1, 0.15) is 0 Å². The Labute approximate surface area is 94.1 Å². The van der Waals surface area contributed by atoms with Crippen molar-refractivity contribution in [1.29, 1.82) is 0 Å². The first-order valence-corrected chi connectivity index (χ1v) is 9.89. The van der Waals surface area contributed by atoms with Gasteiger partial charge in [-0.3, -0.25) is 0 Å². The van der Waals surface area contributed by atoms with Crippen LogP contribution in [0.3, 0.4) is 0 Å². The van der Waals surface area contributed by atoms with Gasteiger partial charge in [0.05, 0.1) is 6.61 Å². The van der Waals surface area contributed by atoms with Crippen LogP contribution in [0, 0.1) is 0 Å². The minimum absolute atomic E-state index is 0.589. The molecule has 0 spiro atoms. The predicted molar refractivity (Wildman–Crippen MR) is 68.2 cm³/mol. The van der Waals surface area contributed by atoms with E-state index in [1.54, 1.807) is 11.8 Å². The molecule has 1 unspecified atom stereocenters. The van der Waals surface area contributed by atoms with Crippen LogP contribution < -0.4 is 0 Å². The summed E-state index contributed by atoms with van der Waals surface area (Å²) in [6.07, 6.45) is 4.05. The molecule has 6 heteroatoms. The molecule has 2 nitrogen and oxygen atoms in total. The Hall–Kier alpha value is 1.27. The lowest BCUT2D eigenvalue weighted by Gasteiger charge is -2.13. The zero-order valence-corrected chi connectivity index (χ0v) is 11.4. The van der Waals surface area contributed by atoms with E-state index in [-0.39, 0.29) is 0 Å². The first-order chi connectivity index (χ1) is 6.12. The van der Waals surface area contributed by atoms with Crippen LogP contribution in [0.4, 0.5) is 0 Å². The predicted octanol–water partition coefficient (Wildman–Crippen LogP) is 3.12. The zero-order chi connectivity index (χ0) is 10.2. The second kappa shape index (κ2) is 8.57. The van der Waals surface area contributed by atoms with Crippen molar-refractivity contribution in [2.75, 3.05) is 24.4 Å². The van der Waals surface area contributed by atoms with Crippen molar-refractivity contribution >= 4 is 40.6 Å². The lowest BCUT2D eigenvalue weighted by atomic mass is 10.5. The van der Waals surface area contributed by atoms with E-state index < -0.39 is 5.69 Å². The third-order valence-corrected chi connectivity index (χ3v) is 6.44. The van der Waals surface area contributed by atoms with E-state index in [1.165, 1.54) is 11.4 Å². The highest BCUT2D eigenvalue weighted by Crippen LogP contribution is 2.56. The van der Waals surface area contributed by atoms with Crippen LogP contribution in [-0.2, 0) is 16.3 Å². The van der Waals surface area contributed by atoms with Gasteiger partial charge < -0.3 is 9.42 Å². The molecule has 0 aromatic rings. The minimum atomic E-state index is -2.51. The van der Waals surface area contributed by atoms with Crippen LogP contribution in [0.15, 0.2) is 0 Å². The molecule has 0 aliphatic rings. The molecule has 0 radical (unpaired) electrons. The summed E-state index contributed by atoms with van der Waals surface area (Å²) in [6.45, 7) is 2.65. The molecule has 80 valence electrons. The van der Waals surface area contributed by atoms with Gasteiger partial charge in [0.15, 0.2) is 0 Å². The maximum absolute atomic E-state index is 9.60. The summed E-state index contributed by atoms with van der Waals surface area (Å²) >= 11 is 8.13. The van der Waals surface area contributed by atoms with Gasteiger partial charge in [-0.05, 0) is 36.7 Å². The van der Waals surface area contributed by atoms with E-state index in [9.17, 15) is 4.89 Å². The quantitative estimate of drug-likeness (QED) is 0.535. The Morgan fingerprint density at radius 1 is 1.46 bits per heavy atom. The molecule has 0 aromatic heterocycles. The smallest absolute Gasteiger partial charge is 0.244 e. The average molecular weight is 260 g/mol. The second-order valence-corrected chi connectivity index (χ2v) is 9.77. The van der Waals surface area contributed by atoms with Crippen LogP contribution in [0.5, 0.6) is 0 Å². The molecule has 0 saturated carbocycles. The minimum Gasteiger partial charge on any atom is -0.337 e. The average Bonchev–Trinajstić information content (AvgIpc) is 2.09. The summed E-state index contributed by atoms with van der Waals surface area (Å²) in [6, 6.07) is 0. The van der Waals surface area contributed by atoms with Crippen LogP contribution in [0.1, 0.15) is 19.8 Å². The number of hydrogen-bond donors (Lipinski definition) is 1. The van der Waals surface area contributed by atoms with Crippen molar-refractivity contribution in [2.45, 2.75) is 19.8 Å². The number of hydrogen-bond acceptors (Lipinski definition) is 4. The zero-order valence-electron chi connectivity index (χ0n) is 8.06. The topological polar surface area (TPSA) is 29.5 Å². The molecule has 1 N–H and O–H groups in total. The second-order valence-electron chi connectivity index (χ2n) is 2.48. The Bertz CT molecular complexity index is 166. The van der Waals surface area contributed by atoms with E-state index in [2.05, 4.69) is 13.2 Å². The Balaban J connectivity index is 3.45. The van der Waals surface area contributed by atoms with E-state index in [1.807, 2.05) is 0 Å². The van der Waals surface area contributed by atoms with E-state index in [4.69, 9.17) is 16.3 Å². The normalized spacial score (nSPS) is 15.6. The van der Waals surface area contributed by atoms with Crippen molar-refractivity contribution in [3.8, 4) is 0 Å². The van der Waals surface area contributed by atoms with Gasteiger partial charge in [-0.15, -0.1) is 0 Å². The molecule has 0 bridgehead atoms. The highest BCUT2D eigenvalue weighted by atomic mass is 32.9. The Morgan fingerprint density at radius 3 is 2.69 bits per heavy atom. The molecule has 0 aliphatic heterocycles. The van der Waals surface area contributed by atoms with Gasteiger partial charge in [-0.25, -0.2) is 0 Å². The first-order valence-electron chi connectivity index (χ1n) is 4.23. The molecule has 0 aromatic carbocycles. The standard InChI is InChI=1S/C7H17O2PS3/c1-3-6-13-10(8,11)9-5-4-7-12-2/h3-7H2,1-2H3,(H,8,11). The SMILES string of the molecule is CCCSP(O)(=S)OCCCSC. The third kappa shape index (κ3) is 9.57. The largest absolute Gasteiger partial charge is 0.337 e. The molecule has 0 aliphatic carbocycles. The lowest BCUT2D eigenvalue weighted by Crippen LogP contribution is -1.92. The molecule has 0 saturated heterocycles. The lowest BCUT2D eigenvalue weighted by molar-refractivity contribution is 0.321. The highest BCUT2D eigenvalue weighted by Gasteiger charge is 2.12. The molecule has 13 heavy (non-hydrogen) atoms. The summed E-state index contributed by atoms with van der Waals surface area (Å²) in [5.41, 5.74) is -2.51. The number of thioether (sulfide) groups is 1. The maximum atomic E-state index is 9.60. The fourth-order valence-corrected chi connectivity index (χ4v) is 4.46. The Morgan fingerprint density at radius 2 is 2.15 bits per heavy atom. The van der Waals surface area contributed by atoms with Gasteiger partial charge in [0, 0.05) is 5.75 Å². The molecular weight excluding hydrogens is 243 g/mol. The number of rotatable bonds is 8. The summed E-state index contributed by atoms with van der Waals surface area (Å²) in [5.74, 6) is 1.95. The van der Waals surface area contributed by atoms with Crippen molar-refractivity contribution in [3.05, 3.63) is 0 Å². The monoisotopic (exact) mass is 260 g/mol. The van der Waals surface area contributed by atoms with Gasteiger partial charge in [0.25, 0.3) is 0 Å². The van der Waals surface area contributed by atoms with Crippen molar-refractivity contribution < 1.29 is 9.42 Å². The molecule has 0 heterocycles. The molecule has 1 atom stereocenters. The van der Waals surface area contributed by atoms with Crippen molar-refractivity contribution in [1.82, 2.24) is 0 Å². The Kier molecular flexibility index (Phi) is 9.41. The van der Waals surface area contributed by atoms with Crippen LogP contribution in [0.25, 0.3) is 0 Å². The van der Waals surface area contributed by atoms with Gasteiger partial charge >= 0.3 is 0 Å². The fourth-order valence-electron chi connectivity index (χ4n) is 0.627. The van der Waals surface area contributed by atoms with Gasteiger partial charge in [0.2, 0.25) is 5.69 Å². The fraction of sp³-hybridized carbons (Fsp3) is 1.00. The molecule has 0 fully saturated rings. The summed E-state index contributed by atoms with van der Waals surface area (Å²) in [5, 5.41) is 0. The van der Waals surface area contributed by atoms with Crippen molar-refractivity contribution in [2.24, 2.45) is 0 Å². The maximum Gasteiger partial charge on any atom is 0.244 e. The molecular formula is C7H17O2PS3. The third-order valence-electron chi connectivity index (χ3n) is 1.21. The van der Waals surface area contributed by atoms with Crippen LogP contribution in [-0.4, -0.2) is 29.3 Å². The van der Waals surface area contributed by atoms with Crippen LogP contribution in [0.2, 0.25) is 0 Å². The first kappa shape index (κ1) is 14.3. The van der Waals surface area contributed by atoms with Crippen LogP contribution >= 0.6 is 28.8 Å². The van der Waals surface area contributed by atoms with E-state index in [0.717, 1.165) is 24.3 Å².